The van der Waals surface area contributed by atoms with Crippen LogP contribution in [0.2, 0.25) is 0 Å². The minimum Gasteiger partial charge on any atom is -0.348 e. The van der Waals surface area contributed by atoms with E-state index in [1.807, 2.05) is 30.6 Å². The molecule has 1 amide bonds. The SMILES string of the molecule is O=C1NCc2ccc(-c3cnc(C4CC4)nc3)cc21. The first kappa shape index (κ1) is 10.7. The number of nitrogens with zero attached hydrogens (tertiary/aromatic N) is 2. The molecule has 4 rings (SSSR count). The number of hydrogen-bond acceptors (Lipinski definition) is 3. The topological polar surface area (TPSA) is 54.9 Å². The molecule has 19 heavy (non-hydrogen) atoms. The molecular formula is C15H13N3O. The quantitative estimate of drug-likeness (QED) is 0.890. The van der Waals surface area contributed by atoms with Gasteiger partial charge in [0.05, 0.1) is 0 Å². The van der Waals surface area contributed by atoms with Crippen molar-refractivity contribution in [3.63, 3.8) is 0 Å². The number of amides is 1. The lowest BCUT2D eigenvalue weighted by molar-refractivity contribution is 0.0966. The Morgan fingerprint density at radius 3 is 2.63 bits per heavy atom. The van der Waals surface area contributed by atoms with Gasteiger partial charge >= 0.3 is 0 Å². The predicted molar refractivity (Wildman–Crippen MR) is 70.6 cm³/mol. The van der Waals surface area contributed by atoms with Gasteiger partial charge < -0.3 is 5.32 Å². The summed E-state index contributed by atoms with van der Waals surface area (Å²) in [4.78, 5) is 20.5. The Labute approximate surface area is 110 Å². The Morgan fingerprint density at radius 1 is 1.11 bits per heavy atom. The first-order valence-electron chi connectivity index (χ1n) is 6.55. The molecular weight excluding hydrogens is 238 g/mol. The monoisotopic (exact) mass is 251 g/mol. The van der Waals surface area contributed by atoms with Crippen molar-refractivity contribution in [1.29, 1.82) is 0 Å². The van der Waals surface area contributed by atoms with Crippen LogP contribution in [0.1, 0.15) is 40.5 Å². The molecule has 2 heterocycles. The molecule has 4 heteroatoms. The highest BCUT2D eigenvalue weighted by molar-refractivity contribution is 5.99. The van der Waals surface area contributed by atoms with E-state index in [0.29, 0.717) is 12.5 Å². The maximum absolute atomic E-state index is 11.7. The zero-order chi connectivity index (χ0) is 12.8. The summed E-state index contributed by atoms with van der Waals surface area (Å²) in [6, 6.07) is 5.94. The maximum Gasteiger partial charge on any atom is 0.251 e. The predicted octanol–water partition coefficient (Wildman–Crippen LogP) is 2.26. The molecule has 1 N–H and O–H groups in total. The third-order valence-corrected chi connectivity index (χ3v) is 3.74. The van der Waals surface area contributed by atoms with E-state index in [4.69, 9.17) is 0 Å². The summed E-state index contributed by atoms with van der Waals surface area (Å²) in [6.07, 6.45) is 6.13. The highest BCUT2D eigenvalue weighted by Gasteiger charge is 2.26. The van der Waals surface area contributed by atoms with Crippen LogP contribution in [0.15, 0.2) is 30.6 Å². The van der Waals surface area contributed by atoms with Crippen molar-refractivity contribution in [2.24, 2.45) is 0 Å². The lowest BCUT2D eigenvalue weighted by Crippen LogP contribution is -2.12. The van der Waals surface area contributed by atoms with E-state index in [1.54, 1.807) is 0 Å². The van der Waals surface area contributed by atoms with E-state index >= 15 is 0 Å². The van der Waals surface area contributed by atoms with Crippen LogP contribution in [0, 0.1) is 0 Å². The Kier molecular flexibility index (Phi) is 2.18. The maximum atomic E-state index is 11.7. The van der Waals surface area contributed by atoms with Gasteiger partial charge in [-0.2, -0.15) is 0 Å². The summed E-state index contributed by atoms with van der Waals surface area (Å²) in [5, 5.41) is 2.83. The van der Waals surface area contributed by atoms with Gasteiger partial charge in [-0.05, 0) is 30.0 Å². The first-order valence-corrected chi connectivity index (χ1v) is 6.55. The van der Waals surface area contributed by atoms with Crippen molar-refractivity contribution in [1.82, 2.24) is 15.3 Å². The van der Waals surface area contributed by atoms with Crippen LogP contribution in [0.5, 0.6) is 0 Å². The van der Waals surface area contributed by atoms with Gasteiger partial charge in [0, 0.05) is 36.0 Å². The minimum atomic E-state index is 0.00682. The highest BCUT2D eigenvalue weighted by Crippen LogP contribution is 2.38. The van der Waals surface area contributed by atoms with Crippen molar-refractivity contribution in [2.75, 3.05) is 0 Å². The Hall–Kier alpha value is -2.23. The second-order valence-corrected chi connectivity index (χ2v) is 5.16. The first-order chi connectivity index (χ1) is 9.31. The number of carbonyl (C=O) groups excluding carboxylic acids is 1. The second-order valence-electron chi connectivity index (χ2n) is 5.16. The van der Waals surface area contributed by atoms with Crippen molar-refractivity contribution in [3.8, 4) is 11.1 Å². The van der Waals surface area contributed by atoms with Gasteiger partial charge in [0.1, 0.15) is 5.82 Å². The molecule has 0 unspecified atom stereocenters. The second kappa shape index (κ2) is 3.88. The zero-order valence-electron chi connectivity index (χ0n) is 10.4. The third-order valence-electron chi connectivity index (χ3n) is 3.74. The van der Waals surface area contributed by atoms with Crippen LogP contribution in [-0.4, -0.2) is 15.9 Å². The van der Waals surface area contributed by atoms with Crippen LogP contribution in [-0.2, 0) is 6.54 Å². The normalized spacial score (nSPS) is 17.2. The molecule has 1 aliphatic heterocycles. The fraction of sp³-hybridized carbons (Fsp3) is 0.267. The van der Waals surface area contributed by atoms with Crippen molar-refractivity contribution in [2.45, 2.75) is 25.3 Å². The largest absolute Gasteiger partial charge is 0.348 e. The Morgan fingerprint density at radius 2 is 1.89 bits per heavy atom. The van der Waals surface area contributed by atoms with E-state index < -0.39 is 0 Å². The summed E-state index contributed by atoms with van der Waals surface area (Å²) in [5.74, 6) is 1.52. The highest BCUT2D eigenvalue weighted by atomic mass is 16.1. The van der Waals surface area contributed by atoms with E-state index in [1.165, 1.54) is 12.8 Å². The number of hydrogen-bond donors (Lipinski definition) is 1. The Balaban J connectivity index is 1.71. The molecule has 2 aliphatic rings. The molecule has 94 valence electrons. The fourth-order valence-electron chi connectivity index (χ4n) is 2.43. The van der Waals surface area contributed by atoms with Crippen LogP contribution < -0.4 is 5.32 Å². The van der Waals surface area contributed by atoms with E-state index in [0.717, 1.165) is 28.1 Å². The summed E-state index contributed by atoms with van der Waals surface area (Å²) in [7, 11) is 0. The molecule has 4 nitrogen and oxygen atoms in total. The molecule has 0 saturated heterocycles. The third kappa shape index (κ3) is 1.80. The zero-order valence-corrected chi connectivity index (χ0v) is 10.4. The number of nitrogens with one attached hydrogen (secondary N) is 1. The number of benzene rings is 1. The summed E-state index contributed by atoms with van der Waals surface area (Å²) >= 11 is 0. The average molecular weight is 251 g/mol. The van der Waals surface area contributed by atoms with Crippen LogP contribution in [0.25, 0.3) is 11.1 Å². The number of fused-ring (bicyclic) bond motifs is 1. The number of rotatable bonds is 2. The smallest absolute Gasteiger partial charge is 0.251 e. The molecule has 1 aromatic heterocycles. The Bertz CT molecular complexity index is 660. The van der Waals surface area contributed by atoms with E-state index in [-0.39, 0.29) is 5.91 Å². The molecule has 1 saturated carbocycles. The van der Waals surface area contributed by atoms with Gasteiger partial charge in [-0.15, -0.1) is 0 Å². The van der Waals surface area contributed by atoms with Crippen LogP contribution in [0.3, 0.4) is 0 Å². The van der Waals surface area contributed by atoms with E-state index in [2.05, 4.69) is 15.3 Å². The molecule has 0 bridgehead atoms. The van der Waals surface area contributed by atoms with E-state index in [9.17, 15) is 4.79 Å². The van der Waals surface area contributed by atoms with Gasteiger partial charge in [-0.3, -0.25) is 4.79 Å². The van der Waals surface area contributed by atoms with Crippen molar-refractivity contribution in [3.05, 3.63) is 47.5 Å². The summed E-state index contributed by atoms with van der Waals surface area (Å²) in [6.45, 7) is 0.631. The van der Waals surface area contributed by atoms with Gasteiger partial charge in [0.15, 0.2) is 0 Å². The number of carbonyl (C=O) groups is 1. The molecule has 1 aromatic carbocycles. The lowest BCUT2D eigenvalue weighted by Gasteiger charge is -2.04. The molecule has 0 radical (unpaired) electrons. The lowest BCUT2D eigenvalue weighted by atomic mass is 10.0. The standard InChI is InChI=1S/C15H13N3O/c19-15-13-5-10(3-4-11(13)6-18-15)12-7-16-14(17-8-12)9-1-2-9/h3-5,7-9H,1-2,6H2,(H,18,19). The fourth-order valence-corrected chi connectivity index (χ4v) is 2.43. The van der Waals surface area contributed by atoms with Crippen LogP contribution >= 0.6 is 0 Å². The van der Waals surface area contributed by atoms with Gasteiger partial charge in [0.25, 0.3) is 5.91 Å². The summed E-state index contributed by atoms with van der Waals surface area (Å²) < 4.78 is 0. The van der Waals surface area contributed by atoms with Gasteiger partial charge in [-0.25, -0.2) is 9.97 Å². The molecule has 0 spiro atoms. The van der Waals surface area contributed by atoms with Gasteiger partial charge in [0.2, 0.25) is 0 Å². The molecule has 1 aliphatic carbocycles. The number of aromatic nitrogens is 2. The molecule has 2 aromatic rings. The van der Waals surface area contributed by atoms with Crippen molar-refractivity contribution >= 4 is 5.91 Å². The van der Waals surface area contributed by atoms with Gasteiger partial charge in [-0.1, -0.05) is 12.1 Å². The minimum absolute atomic E-state index is 0.00682. The summed E-state index contributed by atoms with van der Waals surface area (Å²) in [5.41, 5.74) is 3.79. The average Bonchev–Trinajstić information content (AvgIpc) is 3.24. The molecule has 1 fully saturated rings. The van der Waals surface area contributed by atoms with Crippen molar-refractivity contribution < 1.29 is 4.79 Å². The molecule has 0 atom stereocenters. The van der Waals surface area contributed by atoms with Crippen LogP contribution in [0.4, 0.5) is 0 Å².